The summed E-state index contributed by atoms with van der Waals surface area (Å²) in [4.78, 5) is 14.3. The first-order chi connectivity index (χ1) is 8.62. The van der Waals surface area contributed by atoms with E-state index in [-0.39, 0.29) is 17.0 Å². The molecule has 0 atom stereocenters. The van der Waals surface area contributed by atoms with E-state index < -0.39 is 5.82 Å². The van der Waals surface area contributed by atoms with Gasteiger partial charge in [0.05, 0.1) is 16.1 Å². The lowest BCUT2D eigenvalue weighted by Crippen LogP contribution is -2.55. The topological polar surface area (TPSA) is 32.3 Å². The predicted molar refractivity (Wildman–Crippen MR) is 67.3 cm³/mol. The second-order valence-electron chi connectivity index (χ2n) is 4.98. The first-order valence-corrected chi connectivity index (χ1v) is 6.48. The maximum Gasteiger partial charge on any atom is 0.256 e. The largest absolute Gasteiger partial charge is 0.330 e. The Morgan fingerprint density at radius 2 is 2.22 bits per heavy atom. The summed E-state index contributed by atoms with van der Waals surface area (Å²) in [6.45, 7) is 2.26. The van der Waals surface area contributed by atoms with E-state index in [1.807, 2.05) is 4.90 Å². The van der Waals surface area contributed by atoms with Gasteiger partial charge in [0.15, 0.2) is 0 Å². The summed E-state index contributed by atoms with van der Waals surface area (Å²) in [6, 6.07) is 3.93. The highest BCUT2D eigenvalue weighted by atomic mass is 35.5. The van der Waals surface area contributed by atoms with E-state index in [0.29, 0.717) is 11.6 Å². The third-order valence-electron chi connectivity index (χ3n) is 3.77. The molecule has 5 heteroatoms. The summed E-state index contributed by atoms with van der Waals surface area (Å²) in [7, 11) is 0. The Kier molecular flexibility index (Phi) is 2.79. The molecule has 0 radical (unpaired) electrons. The average molecular weight is 269 g/mol. The summed E-state index contributed by atoms with van der Waals surface area (Å²) in [6.07, 6.45) is 2.03. The molecule has 1 N–H and O–H groups in total. The normalized spacial score (nSPS) is 21.1. The maximum atomic E-state index is 13.2. The van der Waals surface area contributed by atoms with Crippen LogP contribution in [-0.4, -0.2) is 36.0 Å². The van der Waals surface area contributed by atoms with Gasteiger partial charge in [-0.3, -0.25) is 4.79 Å². The second-order valence-corrected chi connectivity index (χ2v) is 5.39. The minimum atomic E-state index is -0.428. The predicted octanol–water partition coefficient (Wildman–Crippen LogP) is 2.06. The van der Waals surface area contributed by atoms with Gasteiger partial charge in [-0.2, -0.15) is 0 Å². The Bertz CT molecular complexity index is 502. The van der Waals surface area contributed by atoms with Gasteiger partial charge < -0.3 is 10.2 Å². The number of nitrogens with zero attached hydrogens (tertiary/aromatic N) is 1. The summed E-state index contributed by atoms with van der Waals surface area (Å²) >= 11 is 5.99. The molecule has 18 heavy (non-hydrogen) atoms. The fourth-order valence-corrected chi connectivity index (χ4v) is 2.76. The molecular formula is C13H14ClFN2O. The first kappa shape index (κ1) is 11.9. The van der Waals surface area contributed by atoms with Crippen LogP contribution < -0.4 is 5.32 Å². The molecule has 2 fully saturated rings. The fourth-order valence-electron chi connectivity index (χ4n) is 2.56. The molecule has 1 spiro atoms. The van der Waals surface area contributed by atoms with Crippen molar-refractivity contribution in [1.29, 1.82) is 0 Å². The van der Waals surface area contributed by atoms with Gasteiger partial charge in [0.2, 0.25) is 0 Å². The molecule has 0 bridgehead atoms. The SMILES string of the molecule is O=C(c1cc(F)ccc1Cl)N1CCNCC12CC2. The van der Waals surface area contributed by atoms with E-state index in [1.165, 1.54) is 18.2 Å². The molecule has 0 aromatic heterocycles. The molecule has 96 valence electrons. The highest BCUT2D eigenvalue weighted by Crippen LogP contribution is 2.43. The van der Waals surface area contributed by atoms with Crippen molar-refractivity contribution in [2.24, 2.45) is 0 Å². The van der Waals surface area contributed by atoms with E-state index in [4.69, 9.17) is 11.6 Å². The summed E-state index contributed by atoms with van der Waals surface area (Å²) in [5, 5.41) is 3.61. The lowest BCUT2D eigenvalue weighted by molar-refractivity contribution is 0.0600. The number of hydrogen-bond acceptors (Lipinski definition) is 2. The van der Waals surface area contributed by atoms with E-state index in [9.17, 15) is 9.18 Å². The minimum absolute atomic E-state index is 0.0506. The van der Waals surface area contributed by atoms with Crippen LogP contribution in [0.1, 0.15) is 23.2 Å². The van der Waals surface area contributed by atoms with Gasteiger partial charge in [-0.25, -0.2) is 4.39 Å². The van der Waals surface area contributed by atoms with Gasteiger partial charge in [0, 0.05) is 19.6 Å². The molecule has 1 aliphatic heterocycles. The standard InChI is InChI=1S/C13H14ClFN2O/c14-11-2-1-9(15)7-10(11)12(18)17-6-5-16-8-13(17)3-4-13/h1-2,7,16H,3-6,8H2. The molecule has 1 amide bonds. The smallest absolute Gasteiger partial charge is 0.256 e. The molecule has 1 saturated heterocycles. The van der Waals surface area contributed by atoms with Gasteiger partial charge in [-0.1, -0.05) is 11.6 Å². The van der Waals surface area contributed by atoms with Gasteiger partial charge in [-0.15, -0.1) is 0 Å². The third-order valence-corrected chi connectivity index (χ3v) is 4.10. The number of benzene rings is 1. The lowest BCUT2D eigenvalue weighted by Gasteiger charge is -2.37. The third kappa shape index (κ3) is 1.89. The summed E-state index contributed by atoms with van der Waals surface area (Å²) in [5.41, 5.74) is 0.218. The zero-order valence-electron chi connectivity index (χ0n) is 9.88. The monoisotopic (exact) mass is 268 g/mol. The van der Waals surface area contributed by atoms with Crippen LogP contribution in [0, 0.1) is 5.82 Å². The number of carbonyl (C=O) groups excluding carboxylic acids is 1. The number of halogens is 2. The number of piperazine rings is 1. The number of carbonyl (C=O) groups is 1. The van der Waals surface area contributed by atoms with Crippen molar-refractivity contribution in [3.8, 4) is 0 Å². The van der Waals surface area contributed by atoms with Crippen LogP contribution in [0.2, 0.25) is 5.02 Å². The van der Waals surface area contributed by atoms with Crippen molar-refractivity contribution in [3.63, 3.8) is 0 Å². The second kappa shape index (κ2) is 4.21. The van der Waals surface area contributed by atoms with Gasteiger partial charge in [-0.05, 0) is 31.0 Å². The zero-order valence-corrected chi connectivity index (χ0v) is 10.6. The molecule has 1 aliphatic carbocycles. The van der Waals surface area contributed by atoms with Crippen LogP contribution in [0.3, 0.4) is 0 Å². The van der Waals surface area contributed by atoms with E-state index in [2.05, 4.69) is 5.32 Å². The summed E-state index contributed by atoms with van der Waals surface area (Å²) < 4.78 is 13.2. The highest BCUT2D eigenvalue weighted by Gasteiger charge is 2.51. The Balaban J connectivity index is 1.92. The van der Waals surface area contributed by atoms with E-state index >= 15 is 0 Å². The average Bonchev–Trinajstić information content (AvgIpc) is 3.12. The fraction of sp³-hybridized carbons (Fsp3) is 0.462. The van der Waals surface area contributed by atoms with E-state index in [1.54, 1.807) is 0 Å². The zero-order chi connectivity index (χ0) is 12.8. The lowest BCUT2D eigenvalue weighted by atomic mass is 10.1. The molecule has 1 saturated carbocycles. The number of amides is 1. The molecule has 1 aromatic carbocycles. The van der Waals surface area contributed by atoms with Crippen molar-refractivity contribution in [2.45, 2.75) is 18.4 Å². The van der Waals surface area contributed by atoms with Crippen molar-refractivity contribution in [1.82, 2.24) is 10.2 Å². The number of rotatable bonds is 1. The van der Waals surface area contributed by atoms with Crippen molar-refractivity contribution in [3.05, 3.63) is 34.6 Å². The Hall–Kier alpha value is -1.13. The van der Waals surface area contributed by atoms with Crippen molar-refractivity contribution in [2.75, 3.05) is 19.6 Å². The number of nitrogens with one attached hydrogen (secondary N) is 1. The van der Waals surface area contributed by atoms with Crippen LogP contribution in [0.5, 0.6) is 0 Å². The van der Waals surface area contributed by atoms with Crippen LogP contribution in [0.4, 0.5) is 4.39 Å². The Labute approximate surface area is 110 Å². The quantitative estimate of drug-likeness (QED) is 0.846. The van der Waals surface area contributed by atoms with Crippen LogP contribution in [-0.2, 0) is 0 Å². The van der Waals surface area contributed by atoms with E-state index in [0.717, 1.165) is 25.9 Å². The van der Waals surface area contributed by atoms with Gasteiger partial charge >= 0.3 is 0 Å². The molecule has 1 heterocycles. The van der Waals surface area contributed by atoms with Crippen LogP contribution in [0.25, 0.3) is 0 Å². The molecular weight excluding hydrogens is 255 g/mol. The van der Waals surface area contributed by atoms with Crippen molar-refractivity contribution >= 4 is 17.5 Å². The maximum absolute atomic E-state index is 13.2. The van der Waals surface area contributed by atoms with Gasteiger partial charge in [0.25, 0.3) is 5.91 Å². The summed E-state index contributed by atoms with van der Waals surface area (Å²) in [5.74, 6) is -0.582. The van der Waals surface area contributed by atoms with Gasteiger partial charge in [0.1, 0.15) is 5.82 Å². The molecule has 3 rings (SSSR count). The van der Waals surface area contributed by atoms with Crippen molar-refractivity contribution < 1.29 is 9.18 Å². The molecule has 1 aromatic rings. The molecule has 2 aliphatic rings. The Morgan fingerprint density at radius 1 is 1.44 bits per heavy atom. The molecule has 3 nitrogen and oxygen atoms in total. The number of hydrogen-bond donors (Lipinski definition) is 1. The Morgan fingerprint density at radius 3 is 2.94 bits per heavy atom. The van der Waals surface area contributed by atoms with Crippen LogP contribution in [0.15, 0.2) is 18.2 Å². The highest BCUT2D eigenvalue weighted by molar-refractivity contribution is 6.33. The molecule has 0 unspecified atom stereocenters. The minimum Gasteiger partial charge on any atom is -0.330 e. The first-order valence-electron chi connectivity index (χ1n) is 6.10. The van der Waals surface area contributed by atoms with Crippen LogP contribution >= 0.6 is 11.6 Å².